The number of rotatable bonds is 9. The van der Waals surface area contributed by atoms with E-state index in [2.05, 4.69) is 0 Å². The zero-order valence-electron chi connectivity index (χ0n) is 15.4. The molecule has 1 N–H and O–H groups in total. The van der Waals surface area contributed by atoms with E-state index in [1.807, 2.05) is 0 Å². The maximum atomic E-state index is 12.8. The molecule has 0 unspecified atom stereocenters. The Morgan fingerprint density at radius 2 is 1.93 bits per heavy atom. The van der Waals surface area contributed by atoms with Gasteiger partial charge in [-0.2, -0.15) is 4.31 Å². The zero-order chi connectivity index (χ0) is 19.4. The van der Waals surface area contributed by atoms with Crippen LogP contribution in [-0.2, 0) is 19.6 Å². The van der Waals surface area contributed by atoms with E-state index < -0.39 is 22.0 Å². The lowest BCUT2D eigenvalue weighted by Crippen LogP contribution is -2.52. The highest BCUT2D eigenvalue weighted by Crippen LogP contribution is 2.29. The minimum Gasteiger partial charge on any atom is -0.493 e. The van der Waals surface area contributed by atoms with Gasteiger partial charge >= 0.3 is 5.97 Å². The van der Waals surface area contributed by atoms with Crippen LogP contribution in [0.5, 0.6) is 5.75 Å². The van der Waals surface area contributed by atoms with Crippen LogP contribution in [0.3, 0.4) is 0 Å². The minimum absolute atomic E-state index is 0.120. The van der Waals surface area contributed by atoms with E-state index >= 15 is 0 Å². The van der Waals surface area contributed by atoms with E-state index in [1.165, 1.54) is 32.0 Å². The minimum atomic E-state index is -3.79. The van der Waals surface area contributed by atoms with Gasteiger partial charge in [-0.25, -0.2) is 8.42 Å². The molecular weight excluding hydrogens is 372 g/mol. The van der Waals surface area contributed by atoms with Gasteiger partial charge in [0.15, 0.2) is 0 Å². The van der Waals surface area contributed by atoms with Crippen molar-refractivity contribution in [1.82, 2.24) is 9.21 Å². The van der Waals surface area contributed by atoms with Crippen molar-refractivity contribution in [2.75, 3.05) is 46.5 Å². The fourth-order valence-electron chi connectivity index (χ4n) is 2.97. The molecule has 1 aromatic rings. The standard InChI is InChI=1S/C18H26N2O6S/c1-19(12-17(18(21)22)20-8-10-25-11-9-20)27(23,24)16-6-4-15(5-7-16)26-13-14-2-3-14/h4-7,14,17H,2-3,8-13H2,1H3,(H,21,22)/t17-/m0/s1. The zero-order valence-corrected chi connectivity index (χ0v) is 16.2. The number of likely N-dealkylation sites (N-methyl/N-ethyl adjacent to an activating group) is 1. The Balaban J connectivity index is 1.65. The Morgan fingerprint density at radius 1 is 1.30 bits per heavy atom. The van der Waals surface area contributed by atoms with Gasteiger partial charge in [0.1, 0.15) is 11.8 Å². The summed E-state index contributed by atoms with van der Waals surface area (Å²) in [5.41, 5.74) is 0. The van der Waals surface area contributed by atoms with Crippen molar-refractivity contribution in [1.29, 1.82) is 0 Å². The highest BCUT2D eigenvalue weighted by molar-refractivity contribution is 7.89. The lowest BCUT2D eigenvalue weighted by atomic mass is 10.2. The Morgan fingerprint density at radius 3 is 2.48 bits per heavy atom. The molecule has 0 bridgehead atoms. The molecule has 1 aromatic carbocycles. The van der Waals surface area contributed by atoms with E-state index in [0.29, 0.717) is 44.6 Å². The van der Waals surface area contributed by atoms with Crippen LogP contribution in [0.1, 0.15) is 12.8 Å². The van der Waals surface area contributed by atoms with Gasteiger partial charge in [-0.3, -0.25) is 9.69 Å². The van der Waals surface area contributed by atoms with Gasteiger partial charge in [-0.15, -0.1) is 0 Å². The summed E-state index contributed by atoms with van der Waals surface area (Å²) in [6.45, 7) is 2.37. The molecule has 0 radical (unpaired) electrons. The van der Waals surface area contributed by atoms with Gasteiger partial charge in [0.05, 0.1) is 24.7 Å². The summed E-state index contributed by atoms with van der Waals surface area (Å²) in [6.07, 6.45) is 2.37. The van der Waals surface area contributed by atoms with E-state index in [4.69, 9.17) is 9.47 Å². The largest absolute Gasteiger partial charge is 0.493 e. The first-order valence-corrected chi connectivity index (χ1v) is 10.6. The van der Waals surface area contributed by atoms with Crippen molar-refractivity contribution in [2.24, 2.45) is 5.92 Å². The Labute approximate surface area is 159 Å². The fraction of sp³-hybridized carbons (Fsp3) is 0.611. The molecule has 27 heavy (non-hydrogen) atoms. The van der Waals surface area contributed by atoms with Gasteiger partial charge in [0, 0.05) is 26.7 Å². The highest BCUT2D eigenvalue weighted by Gasteiger charge is 2.32. The van der Waals surface area contributed by atoms with E-state index in [0.717, 1.165) is 4.31 Å². The molecular formula is C18H26N2O6S. The second-order valence-corrected chi connectivity index (χ2v) is 9.06. The molecule has 1 saturated heterocycles. The van der Waals surface area contributed by atoms with E-state index in [-0.39, 0.29) is 11.4 Å². The number of sulfonamides is 1. The van der Waals surface area contributed by atoms with Gasteiger partial charge in [-0.1, -0.05) is 0 Å². The topological polar surface area (TPSA) is 96.4 Å². The number of nitrogens with zero attached hydrogens (tertiary/aromatic N) is 2. The number of aliphatic carboxylic acids is 1. The first-order chi connectivity index (χ1) is 12.9. The smallest absolute Gasteiger partial charge is 0.322 e. The number of carbonyl (C=O) groups is 1. The Kier molecular flexibility index (Phi) is 6.36. The monoisotopic (exact) mass is 398 g/mol. The van der Waals surface area contributed by atoms with Crippen molar-refractivity contribution >= 4 is 16.0 Å². The molecule has 2 aliphatic rings. The summed E-state index contributed by atoms with van der Waals surface area (Å²) in [6, 6.07) is 5.37. The first kappa shape index (κ1) is 20.1. The van der Waals surface area contributed by atoms with Gasteiger partial charge < -0.3 is 14.6 Å². The SMILES string of the molecule is CN(C[C@@H](C(=O)O)N1CCOCC1)S(=O)(=O)c1ccc(OCC2CC2)cc1. The number of carboxylic acid groups (broad SMARTS) is 1. The van der Waals surface area contributed by atoms with Gasteiger partial charge in [0.25, 0.3) is 0 Å². The molecule has 0 aromatic heterocycles. The van der Waals surface area contributed by atoms with Crippen LogP contribution in [0.4, 0.5) is 0 Å². The maximum Gasteiger partial charge on any atom is 0.322 e. The molecule has 0 spiro atoms. The van der Waals surface area contributed by atoms with Crippen molar-refractivity contribution < 1.29 is 27.8 Å². The van der Waals surface area contributed by atoms with Crippen LogP contribution in [0.2, 0.25) is 0 Å². The number of hydrogen-bond acceptors (Lipinski definition) is 6. The number of carboxylic acids is 1. The average molecular weight is 398 g/mol. The molecule has 9 heteroatoms. The molecule has 1 heterocycles. The van der Waals surface area contributed by atoms with Gasteiger partial charge in [0.2, 0.25) is 10.0 Å². The summed E-state index contributed by atoms with van der Waals surface area (Å²) in [4.78, 5) is 13.5. The van der Waals surface area contributed by atoms with Crippen LogP contribution in [0, 0.1) is 5.92 Å². The molecule has 3 rings (SSSR count). The van der Waals surface area contributed by atoms with Gasteiger partial charge in [-0.05, 0) is 43.0 Å². The molecule has 1 atom stereocenters. The van der Waals surface area contributed by atoms with Crippen LogP contribution in [0.25, 0.3) is 0 Å². The van der Waals surface area contributed by atoms with Crippen molar-refractivity contribution in [3.05, 3.63) is 24.3 Å². The number of benzene rings is 1. The van der Waals surface area contributed by atoms with E-state index in [9.17, 15) is 18.3 Å². The number of hydrogen-bond donors (Lipinski definition) is 1. The van der Waals surface area contributed by atoms with Crippen LogP contribution in [-0.4, -0.2) is 81.2 Å². The second-order valence-electron chi connectivity index (χ2n) is 7.01. The maximum absolute atomic E-state index is 12.8. The lowest BCUT2D eigenvalue weighted by molar-refractivity contribution is -0.145. The van der Waals surface area contributed by atoms with E-state index in [1.54, 1.807) is 17.0 Å². The predicted octanol–water partition coefficient (Wildman–Crippen LogP) is 0.881. The quantitative estimate of drug-likeness (QED) is 0.660. The van der Waals surface area contributed by atoms with Crippen LogP contribution >= 0.6 is 0 Å². The molecule has 1 saturated carbocycles. The summed E-state index contributed by atoms with van der Waals surface area (Å²) in [5.74, 6) is 0.218. The Hall–Kier alpha value is -1.68. The summed E-state index contributed by atoms with van der Waals surface area (Å²) >= 11 is 0. The molecule has 2 fully saturated rings. The fourth-order valence-corrected chi connectivity index (χ4v) is 4.14. The van der Waals surface area contributed by atoms with Crippen molar-refractivity contribution in [3.8, 4) is 5.75 Å². The summed E-state index contributed by atoms with van der Waals surface area (Å²) < 4.78 is 37.6. The molecule has 0 amide bonds. The highest BCUT2D eigenvalue weighted by atomic mass is 32.2. The molecule has 8 nitrogen and oxygen atoms in total. The molecule has 1 aliphatic carbocycles. The lowest BCUT2D eigenvalue weighted by Gasteiger charge is -2.33. The third-order valence-corrected chi connectivity index (χ3v) is 6.75. The second kappa shape index (κ2) is 8.55. The van der Waals surface area contributed by atoms with Crippen molar-refractivity contribution in [2.45, 2.75) is 23.8 Å². The average Bonchev–Trinajstić information content (AvgIpc) is 3.49. The molecule has 150 valence electrons. The summed E-state index contributed by atoms with van der Waals surface area (Å²) in [5, 5.41) is 9.54. The normalized spacial score (nSPS) is 19.8. The van der Waals surface area contributed by atoms with Crippen LogP contribution in [0.15, 0.2) is 29.2 Å². The number of ether oxygens (including phenoxy) is 2. The first-order valence-electron chi connectivity index (χ1n) is 9.12. The molecule has 1 aliphatic heterocycles. The third-order valence-electron chi connectivity index (χ3n) is 4.92. The third kappa shape index (κ3) is 5.19. The van der Waals surface area contributed by atoms with Crippen LogP contribution < -0.4 is 4.74 Å². The Bertz CT molecular complexity index is 742. The summed E-state index contributed by atoms with van der Waals surface area (Å²) in [7, 11) is -2.38. The predicted molar refractivity (Wildman–Crippen MR) is 98.3 cm³/mol. The van der Waals surface area contributed by atoms with Crippen molar-refractivity contribution in [3.63, 3.8) is 0 Å². The number of morpholine rings is 1.